The molecule has 0 saturated carbocycles. The Morgan fingerprint density at radius 2 is 1.56 bits per heavy atom. The Bertz CT molecular complexity index is 793. The topological polar surface area (TPSA) is 104 Å². The number of benzene rings is 2. The summed E-state index contributed by atoms with van der Waals surface area (Å²) in [6.07, 6.45) is 0. The molecule has 0 aliphatic heterocycles. The molecule has 7 nitrogen and oxygen atoms in total. The van der Waals surface area contributed by atoms with Crippen molar-refractivity contribution in [3.05, 3.63) is 65.7 Å². The normalized spacial score (nSPS) is 11.3. The van der Waals surface area contributed by atoms with Gasteiger partial charge in [-0.05, 0) is 24.6 Å². The third-order valence-corrected chi connectivity index (χ3v) is 4.03. The van der Waals surface area contributed by atoms with Crippen LogP contribution in [0.2, 0.25) is 0 Å². The molecule has 0 aliphatic carbocycles. The molecule has 0 unspecified atom stereocenters. The fraction of sp³-hybridized carbons (Fsp3) is 0.250. The molecule has 0 aliphatic rings. The summed E-state index contributed by atoms with van der Waals surface area (Å²) in [6.45, 7) is 2.16. The van der Waals surface area contributed by atoms with Crippen LogP contribution in [0.15, 0.2) is 54.6 Å². The first-order chi connectivity index (χ1) is 13.0. The van der Waals surface area contributed by atoms with Crippen molar-refractivity contribution in [2.45, 2.75) is 13.0 Å². The van der Waals surface area contributed by atoms with Gasteiger partial charge < -0.3 is 21.3 Å². The molecule has 0 spiro atoms. The number of para-hydroxylation sites is 1. The predicted octanol–water partition coefficient (Wildman–Crippen LogP) is 0.426. The molecule has 0 heterocycles. The Labute approximate surface area is 158 Å². The van der Waals surface area contributed by atoms with Gasteiger partial charge in [0.05, 0.1) is 17.3 Å². The number of nitrogens with one attached hydrogen (secondary N) is 3. The van der Waals surface area contributed by atoms with Crippen molar-refractivity contribution in [3.63, 3.8) is 0 Å². The smallest absolute Gasteiger partial charge is 0.279 e. The minimum Gasteiger partial charge on any atom is -0.354 e. The summed E-state index contributed by atoms with van der Waals surface area (Å²) in [5.74, 6) is -0.704. The van der Waals surface area contributed by atoms with E-state index in [2.05, 4.69) is 16.0 Å². The average Bonchev–Trinajstić information content (AvgIpc) is 2.68. The van der Waals surface area contributed by atoms with Crippen LogP contribution >= 0.6 is 0 Å². The third kappa shape index (κ3) is 6.23. The molecule has 0 bridgehead atoms. The minimum atomic E-state index is -0.282. The zero-order valence-electron chi connectivity index (χ0n) is 15.5. The summed E-state index contributed by atoms with van der Waals surface area (Å²) < 4.78 is 0. The maximum Gasteiger partial charge on any atom is 0.279 e. The standard InChI is InChI=1S/C20H24N4O3/c1-14(15-8-4-3-5-9-15)23-20(27)16-10-6-7-11-17(16)24-19(26)13-22-12-18(25)21-2/h3-11,14,22H,12-13H2,1-2H3,(H,21,25)(H,23,27)(H,24,26)/p+1/t14-/m0/s1. The van der Waals surface area contributed by atoms with Crippen LogP contribution in [0.3, 0.4) is 0 Å². The summed E-state index contributed by atoms with van der Waals surface area (Å²) in [5.41, 5.74) is 1.82. The van der Waals surface area contributed by atoms with Gasteiger partial charge in [0, 0.05) is 7.05 Å². The van der Waals surface area contributed by atoms with E-state index in [1.54, 1.807) is 36.6 Å². The zero-order valence-corrected chi connectivity index (χ0v) is 15.5. The lowest BCUT2D eigenvalue weighted by Crippen LogP contribution is -2.88. The van der Waals surface area contributed by atoms with Crippen LogP contribution in [0.5, 0.6) is 0 Å². The predicted molar refractivity (Wildman–Crippen MR) is 103 cm³/mol. The van der Waals surface area contributed by atoms with Gasteiger partial charge in [0.2, 0.25) is 0 Å². The van der Waals surface area contributed by atoms with Gasteiger partial charge in [0.25, 0.3) is 17.7 Å². The molecule has 5 N–H and O–H groups in total. The summed E-state index contributed by atoms with van der Waals surface area (Å²) in [6, 6.07) is 16.3. The lowest BCUT2D eigenvalue weighted by molar-refractivity contribution is -0.632. The van der Waals surface area contributed by atoms with Crippen LogP contribution < -0.4 is 21.3 Å². The second-order valence-electron chi connectivity index (χ2n) is 6.07. The summed E-state index contributed by atoms with van der Waals surface area (Å²) in [4.78, 5) is 35.9. The minimum absolute atomic E-state index is 0.0871. The SMILES string of the molecule is CNC(=O)C[NH2+]CC(=O)Nc1ccccc1C(=O)N[C@@H](C)c1ccccc1. The fourth-order valence-electron chi connectivity index (χ4n) is 2.53. The van der Waals surface area contributed by atoms with Crippen molar-refractivity contribution in [2.24, 2.45) is 0 Å². The first-order valence-corrected chi connectivity index (χ1v) is 8.78. The molecule has 1 atom stereocenters. The Morgan fingerprint density at radius 1 is 0.926 bits per heavy atom. The number of quaternary nitrogens is 1. The van der Waals surface area contributed by atoms with Gasteiger partial charge in [-0.3, -0.25) is 14.4 Å². The Kier molecular flexibility index (Phi) is 7.51. The fourth-order valence-corrected chi connectivity index (χ4v) is 2.53. The van der Waals surface area contributed by atoms with Crippen molar-refractivity contribution in [2.75, 3.05) is 25.5 Å². The van der Waals surface area contributed by atoms with Gasteiger partial charge in [-0.1, -0.05) is 42.5 Å². The van der Waals surface area contributed by atoms with Gasteiger partial charge >= 0.3 is 0 Å². The summed E-state index contributed by atoms with van der Waals surface area (Å²) >= 11 is 0. The van der Waals surface area contributed by atoms with E-state index in [1.807, 2.05) is 37.3 Å². The van der Waals surface area contributed by atoms with Crippen LogP contribution in [0, 0.1) is 0 Å². The van der Waals surface area contributed by atoms with Gasteiger partial charge in [-0.15, -0.1) is 0 Å². The molecule has 142 valence electrons. The average molecular weight is 369 g/mol. The molecule has 2 rings (SSSR count). The summed E-state index contributed by atoms with van der Waals surface area (Å²) in [7, 11) is 1.54. The third-order valence-electron chi connectivity index (χ3n) is 4.03. The van der Waals surface area contributed by atoms with Crippen molar-refractivity contribution >= 4 is 23.4 Å². The zero-order chi connectivity index (χ0) is 19.6. The molecular formula is C20H25N4O3+. The molecule has 7 heteroatoms. The molecule has 2 aromatic carbocycles. The van der Waals surface area contributed by atoms with E-state index < -0.39 is 0 Å². The van der Waals surface area contributed by atoms with Crippen molar-refractivity contribution in [1.29, 1.82) is 0 Å². The van der Waals surface area contributed by atoms with Crippen molar-refractivity contribution in [1.82, 2.24) is 10.6 Å². The molecule has 0 fully saturated rings. The van der Waals surface area contributed by atoms with Gasteiger partial charge in [-0.25, -0.2) is 0 Å². The lowest BCUT2D eigenvalue weighted by atomic mass is 10.1. The van der Waals surface area contributed by atoms with Crippen molar-refractivity contribution in [3.8, 4) is 0 Å². The number of nitrogens with two attached hydrogens (primary N) is 1. The molecule has 0 aromatic heterocycles. The largest absolute Gasteiger partial charge is 0.354 e. The van der Waals surface area contributed by atoms with E-state index in [9.17, 15) is 14.4 Å². The number of hydrogen-bond donors (Lipinski definition) is 4. The van der Waals surface area contributed by atoms with E-state index in [0.717, 1.165) is 5.56 Å². The van der Waals surface area contributed by atoms with E-state index in [1.165, 1.54) is 0 Å². The first kappa shape index (κ1) is 20.1. The number of rotatable bonds is 8. The number of likely N-dealkylation sites (N-methyl/N-ethyl adjacent to an activating group) is 1. The number of carbonyl (C=O) groups excluding carboxylic acids is 3. The Hall–Kier alpha value is -3.19. The highest BCUT2D eigenvalue weighted by atomic mass is 16.2. The number of amides is 3. The van der Waals surface area contributed by atoms with Crippen LogP contribution in [0.25, 0.3) is 0 Å². The number of hydrogen-bond acceptors (Lipinski definition) is 3. The van der Waals surface area contributed by atoms with E-state index in [0.29, 0.717) is 11.3 Å². The maximum absolute atomic E-state index is 12.6. The van der Waals surface area contributed by atoms with Crippen molar-refractivity contribution < 1.29 is 19.7 Å². The van der Waals surface area contributed by atoms with Crippen LogP contribution in [-0.4, -0.2) is 37.9 Å². The molecular weight excluding hydrogens is 344 g/mol. The van der Waals surface area contributed by atoms with E-state index in [4.69, 9.17) is 0 Å². The summed E-state index contributed by atoms with van der Waals surface area (Å²) in [5, 5.41) is 9.76. The van der Waals surface area contributed by atoms with E-state index in [-0.39, 0.29) is 36.9 Å². The highest BCUT2D eigenvalue weighted by Crippen LogP contribution is 2.17. The van der Waals surface area contributed by atoms with Gasteiger partial charge in [-0.2, -0.15) is 0 Å². The lowest BCUT2D eigenvalue weighted by Gasteiger charge is -2.16. The highest BCUT2D eigenvalue weighted by molar-refractivity contribution is 6.04. The maximum atomic E-state index is 12.6. The molecule has 27 heavy (non-hydrogen) atoms. The number of carbonyl (C=O) groups is 3. The Balaban J connectivity index is 1.98. The van der Waals surface area contributed by atoms with Crippen LogP contribution in [-0.2, 0) is 9.59 Å². The second kappa shape index (κ2) is 10.1. The van der Waals surface area contributed by atoms with Gasteiger partial charge in [0.1, 0.15) is 0 Å². The van der Waals surface area contributed by atoms with Crippen LogP contribution in [0.4, 0.5) is 5.69 Å². The van der Waals surface area contributed by atoms with E-state index >= 15 is 0 Å². The molecule has 0 saturated heterocycles. The molecule has 3 amide bonds. The van der Waals surface area contributed by atoms with Gasteiger partial charge in [0.15, 0.2) is 13.1 Å². The highest BCUT2D eigenvalue weighted by Gasteiger charge is 2.16. The Morgan fingerprint density at radius 3 is 2.26 bits per heavy atom. The quantitative estimate of drug-likeness (QED) is 0.542. The second-order valence-corrected chi connectivity index (χ2v) is 6.07. The molecule has 2 aromatic rings. The first-order valence-electron chi connectivity index (χ1n) is 8.78. The van der Waals surface area contributed by atoms with Crippen LogP contribution in [0.1, 0.15) is 28.9 Å². The molecule has 0 radical (unpaired) electrons. The monoisotopic (exact) mass is 369 g/mol. The number of anilines is 1.